The zero-order chi connectivity index (χ0) is 27.9. The first-order chi connectivity index (χ1) is 19.4. The molecule has 1 aromatic heterocycles. The summed E-state index contributed by atoms with van der Waals surface area (Å²) in [6.07, 6.45) is 4.94. The molecule has 1 aliphatic heterocycles. The zero-order valence-electron chi connectivity index (χ0n) is 21.2. The van der Waals surface area contributed by atoms with Crippen molar-refractivity contribution in [3.8, 4) is 5.75 Å². The molecule has 206 valence electrons. The minimum Gasteiger partial charge on any atom is -0.488 e. The van der Waals surface area contributed by atoms with E-state index in [9.17, 15) is 4.39 Å². The highest BCUT2D eigenvalue weighted by Gasteiger charge is 2.16. The van der Waals surface area contributed by atoms with Gasteiger partial charge in [0.25, 0.3) is 0 Å². The van der Waals surface area contributed by atoms with Crippen LogP contribution in [0.4, 0.5) is 27.9 Å². The van der Waals surface area contributed by atoms with Crippen LogP contribution in [0.3, 0.4) is 0 Å². The Kier molecular flexibility index (Phi) is 9.30. The van der Waals surface area contributed by atoms with Crippen LogP contribution in [0.25, 0.3) is 0 Å². The molecule has 4 aromatic rings. The summed E-state index contributed by atoms with van der Waals surface area (Å²) in [6.45, 7) is 1.98. The van der Waals surface area contributed by atoms with Crippen molar-refractivity contribution in [2.24, 2.45) is 5.10 Å². The highest BCUT2D eigenvalue weighted by atomic mass is 79.9. The molecule has 2 heterocycles. The number of benzene rings is 3. The first-order valence-electron chi connectivity index (χ1n) is 12.6. The maximum Gasteiger partial charge on any atom is 0.250 e. The third-order valence-corrected chi connectivity index (χ3v) is 7.18. The third-order valence-electron chi connectivity index (χ3n) is 6.10. The molecule has 0 unspecified atom stereocenters. The number of rotatable bonds is 9. The van der Waals surface area contributed by atoms with Crippen LogP contribution in [0.2, 0.25) is 10.0 Å². The van der Waals surface area contributed by atoms with E-state index in [2.05, 4.69) is 51.6 Å². The van der Waals surface area contributed by atoms with Crippen molar-refractivity contribution in [1.82, 2.24) is 15.0 Å². The van der Waals surface area contributed by atoms with E-state index in [0.29, 0.717) is 33.4 Å². The van der Waals surface area contributed by atoms with Crippen molar-refractivity contribution >= 4 is 68.9 Å². The lowest BCUT2D eigenvalue weighted by molar-refractivity contribution is 0.306. The molecule has 12 heteroatoms. The van der Waals surface area contributed by atoms with Gasteiger partial charge in [-0.2, -0.15) is 20.1 Å². The number of hydrogen-bond acceptors (Lipinski definition) is 8. The number of anilines is 4. The predicted octanol–water partition coefficient (Wildman–Crippen LogP) is 7.84. The van der Waals surface area contributed by atoms with Gasteiger partial charge in [-0.05, 0) is 73.9 Å². The fraction of sp³-hybridized carbons (Fsp3) is 0.214. The van der Waals surface area contributed by atoms with E-state index in [1.54, 1.807) is 30.5 Å². The van der Waals surface area contributed by atoms with Gasteiger partial charge in [-0.15, -0.1) is 0 Å². The van der Waals surface area contributed by atoms with Crippen LogP contribution in [-0.4, -0.2) is 34.3 Å². The number of aromatic nitrogens is 3. The molecule has 0 saturated carbocycles. The minimum absolute atomic E-state index is 0.261. The molecule has 0 bridgehead atoms. The smallest absolute Gasteiger partial charge is 0.250 e. The Morgan fingerprint density at radius 2 is 1.73 bits per heavy atom. The van der Waals surface area contributed by atoms with Crippen LogP contribution in [0, 0.1) is 5.82 Å². The van der Waals surface area contributed by atoms with Crippen molar-refractivity contribution in [3.05, 3.63) is 92.1 Å². The van der Waals surface area contributed by atoms with Crippen molar-refractivity contribution in [2.75, 3.05) is 28.7 Å². The highest BCUT2D eigenvalue weighted by molar-refractivity contribution is 9.10. The largest absolute Gasteiger partial charge is 0.488 e. The molecule has 1 aliphatic rings. The fourth-order valence-corrected chi connectivity index (χ4v) is 4.92. The van der Waals surface area contributed by atoms with Crippen LogP contribution in [0.15, 0.2) is 70.2 Å². The molecule has 40 heavy (non-hydrogen) atoms. The van der Waals surface area contributed by atoms with Gasteiger partial charge in [-0.3, -0.25) is 0 Å². The number of hydrazone groups is 1. The molecule has 1 saturated heterocycles. The number of nitrogens with zero attached hydrogens (tertiary/aromatic N) is 5. The number of ether oxygens (including phenoxy) is 1. The highest BCUT2D eigenvalue weighted by Crippen LogP contribution is 2.26. The number of halogens is 4. The molecule has 1 fully saturated rings. The van der Waals surface area contributed by atoms with Gasteiger partial charge < -0.3 is 15.0 Å². The van der Waals surface area contributed by atoms with E-state index >= 15 is 0 Å². The molecule has 3 aromatic carbocycles. The van der Waals surface area contributed by atoms with E-state index in [1.807, 2.05) is 24.3 Å². The minimum atomic E-state index is -0.320. The summed E-state index contributed by atoms with van der Waals surface area (Å²) in [7, 11) is 0. The standard InChI is InChI=1S/C28H25BrCl2FN7O/c29-20-5-11-25(40-17-18-4-6-21(30)15-24(18)31)19(14-20)16-33-38-27-35-26(34-23-9-7-22(32)8-10-23)36-28(37-27)39-12-2-1-3-13-39/h4-11,14-16H,1-3,12-13,17H2,(H2,34,35,36,37,38)/b33-16+. The summed E-state index contributed by atoms with van der Waals surface area (Å²) in [5.74, 6) is 1.43. The topological polar surface area (TPSA) is 87.6 Å². The summed E-state index contributed by atoms with van der Waals surface area (Å²) < 4.78 is 20.3. The number of hydrogen-bond donors (Lipinski definition) is 2. The maximum atomic E-state index is 13.4. The SMILES string of the molecule is Fc1ccc(Nc2nc(N/N=C/c3cc(Br)ccc3OCc3ccc(Cl)cc3Cl)nc(N3CCCCC3)n2)cc1. The van der Waals surface area contributed by atoms with Gasteiger partial charge in [-0.25, -0.2) is 9.82 Å². The first-order valence-corrected chi connectivity index (χ1v) is 14.2. The van der Waals surface area contributed by atoms with Gasteiger partial charge in [0.1, 0.15) is 18.2 Å². The molecular weight excluding hydrogens is 620 g/mol. The second-order valence-corrected chi connectivity index (χ2v) is 10.8. The van der Waals surface area contributed by atoms with Gasteiger partial charge in [0.15, 0.2) is 0 Å². The van der Waals surface area contributed by atoms with Crippen LogP contribution in [-0.2, 0) is 6.61 Å². The van der Waals surface area contributed by atoms with Crippen molar-refractivity contribution in [1.29, 1.82) is 0 Å². The Morgan fingerprint density at radius 1 is 0.950 bits per heavy atom. The van der Waals surface area contributed by atoms with Crippen LogP contribution >= 0.6 is 39.1 Å². The second-order valence-electron chi connectivity index (χ2n) is 9.04. The predicted molar refractivity (Wildman–Crippen MR) is 162 cm³/mol. The molecule has 0 aliphatic carbocycles. The van der Waals surface area contributed by atoms with Crippen LogP contribution in [0.5, 0.6) is 5.75 Å². The summed E-state index contributed by atoms with van der Waals surface area (Å²) in [4.78, 5) is 15.8. The first kappa shape index (κ1) is 28.1. The van der Waals surface area contributed by atoms with E-state index in [0.717, 1.165) is 41.5 Å². The second kappa shape index (κ2) is 13.3. The normalized spacial score (nSPS) is 13.4. The number of nitrogens with one attached hydrogen (secondary N) is 2. The van der Waals surface area contributed by atoms with Gasteiger partial charge in [-0.1, -0.05) is 45.2 Å². The van der Waals surface area contributed by atoms with Gasteiger partial charge >= 0.3 is 0 Å². The molecule has 8 nitrogen and oxygen atoms in total. The Hall–Kier alpha value is -3.47. The molecule has 0 amide bonds. The van der Waals surface area contributed by atoms with Gasteiger partial charge in [0.05, 0.1) is 6.21 Å². The molecule has 5 rings (SSSR count). The van der Waals surface area contributed by atoms with Gasteiger partial charge in [0.2, 0.25) is 17.8 Å². The summed E-state index contributed by atoms with van der Waals surface area (Å²) >= 11 is 15.8. The zero-order valence-corrected chi connectivity index (χ0v) is 24.3. The summed E-state index contributed by atoms with van der Waals surface area (Å²) in [6, 6.07) is 16.9. The van der Waals surface area contributed by atoms with E-state index in [-0.39, 0.29) is 18.4 Å². The van der Waals surface area contributed by atoms with Crippen LogP contribution in [0.1, 0.15) is 30.4 Å². The van der Waals surface area contributed by atoms with E-state index in [1.165, 1.54) is 18.6 Å². The summed E-state index contributed by atoms with van der Waals surface area (Å²) in [5.41, 5.74) is 5.11. The average Bonchev–Trinajstić information content (AvgIpc) is 2.95. The molecule has 0 spiro atoms. The monoisotopic (exact) mass is 643 g/mol. The molecular formula is C28H25BrCl2FN7O. The summed E-state index contributed by atoms with van der Waals surface area (Å²) in [5, 5.41) is 8.60. The molecule has 0 atom stereocenters. The van der Waals surface area contributed by atoms with Gasteiger partial charge in [0, 0.05) is 44.4 Å². The Morgan fingerprint density at radius 3 is 2.50 bits per heavy atom. The Labute approximate surface area is 249 Å². The Bertz CT molecular complexity index is 1500. The third kappa shape index (κ3) is 7.59. The lowest BCUT2D eigenvalue weighted by Gasteiger charge is -2.26. The van der Waals surface area contributed by atoms with Crippen molar-refractivity contribution in [3.63, 3.8) is 0 Å². The molecule has 0 radical (unpaired) electrons. The number of piperidine rings is 1. The average molecular weight is 645 g/mol. The quantitative estimate of drug-likeness (QED) is 0.142. The maximum absolute atomic E-state index is 13.4. The molecule has 2 N–H and O–H groups in total. The van der Waals surface area contributed by atoms with E-state index < -0.39 is 0 Å². The van der Waals surface area contributed by atoms with Crippen molar-refractivity contribution in [2.45, 2.75) is 25.9 Å². The van der Waals surface area contributed by atoms with Crippen LogP contribution < -0.4 is 20.4 Å². The van der Waals surface area contributed by atoms with Crippen molar-refractivity contribution < 1.29 is 9.13 Å². The Balaban J connectivity index is 1.35. The lowest BCUT2D eigenvalue weighted by atomic mass is 10.1. The fourth-order valence-electron chi connectivity index (χ4n) is 4.07. The van der Waals surface area contributed by atoms with E-state index in [4.69, 9.17) is 27.9 Å². The lowest BCUT2D eigenvalue weighted by Crippen LogP contribution is -2.31.